The molecule has 0 saturated carbocycles. The summed E-state index contributed by atoms with van der Waals surface area (Å²) in [4.78, 5) is 11.6. The number of aliphatic hydroxyl groups excluding tert-OH is 3. The molecule has 7 nitrogen and oxygen atoms in total. The van der Waals surface area contributed by atoms with Gasteiger partial charge in [-0.1, -0.05) is 45.4 Å². The lowest BCUT2D eigenvalue weighted by atomic mass is 9.99. The van der Waals surface area contributed by atoms with Gasteiger partial charge in [0.2, 0.25) is 0 Å². The van der Waals surface area contributed by atoms with Gasteiger partial charge in [0.05, 0.1) is 25.7 Å². The van der Waals surface area contributed by atoms with Gasteiger partial charge in [0, 0.05) is 0 Å². The van der Waals surface area contributed by atoms with Gasteiger partial charge in [0.15, 0.2) is 6.29 Å². The van der Waals surface area contributed by atoms with Crippen molar-refractivity contribution in [3.8, 4) is 0 Å². The Hall–Kier alpha value is -0.730. The van der Waals surface area contributed by atoms with Gasteiger partial charge in [-0.3, -0.25) is 4.79 Å². The largest absolute Gasteiger partial charge is 0.469 e. The number of hydrogen-bond donors (Lipinski definition) is 3. The second-order valence-corrected chi connectivity index (χ2v) is 6.78. The molecule has 0 aromatic heterocycles. The summed E-state index contributed by atoms with van der Waals surface area (Å²) in [6.45, 7) is 3.77. The number of esters is 1. The van der Waals surface area contributed by atoms with Crippen LogP contribution in [0.25, 0.3) is 0 Å². The maximum Gasteiger partial charge on any atom is 0.308 e. The van der Waals surface area contributed by atoms with Crippen molar-refractivity contribution in [3.05, 3.63) is 0 Å². The number of unbranched alkanes of at least 4 members (excludes halogenated alkanes) is 5. The van der Waals surface area contributed by atoms with E-state index in [2.05, 4.69) is 6.92 Å². The highest BCUT2D eigenvalue weighted by Crippen LogP contribution is 2.25. The molecule has 0 aromatic rings. The van der Waals surface area contributed by atoms with Crippen LogP contribution in [-0.2, 0) is 19.0 Å². The molecule has 1 aliphatic rings. The Bertz CT molecular complexity index is 376. The van der Waals surface area contributed by atoms with E-state index in [1.54, 1.807) is 6.92 Å². The van der Waals surface area contributed by atoms with Crippen molar-refractivity contribution in [3.63, 3.8) is 0 Å². The Morgan fingerprint density at radius 3 is 2.32 bits per heavy atom. The molecule has 148 valence electrons. The third kappa shape index (κ3) is 7.58. The van der Waals surface area contributed by atoms with Gasteiger partial charge in [-0.05, 0) is 13.3 Å². The average Bonchev–Trinajstić information content (AvgIpc) is 2.60. The predicted octanol–water partition coefficient (Wildman–Crippen LogP) is 1.51. The van der Waals surface area contributed by atoms with E-state index in [1.165, 1.54) is 26.4 Å². The van der Waals surface area contributed by atoms with Crippen LogP contribution in [0.15, 0.2) is 0 Å². The van der Waals surface area contributed by atoms with Crippen LogP contribution in [0.1, 0.15) is 65.2 Å². The molecule has 6 atom stereocenters. The van der Waals surface area contributed by atoms with Gasteiger partial charge >= 0.3 is 5.97 Å². The first-order chi connectivity index (χ1) is 11.9. The van der Waals surface area contributed by atoms with Crippen LogP contribution in [0.2, 0.25) is 0 Å². The summed E-state index contributed by atoms with van der Waals surface area (Å²) in [6.07, 6.45) is 1.30. The van der Waals surface area contributed by atoms with E-state index in [4.69, 9.17) is 14.2 Å². The summed E-state index contributed by atoms with van der Waals surface area (Å²) in [6, 6.07) is 0. The van der Waals surface area contributed by atoms with E-state index in [1.807, 2.05) is 0 Å². The first-order valence-electron chi connectivity index (χ1n) is 9.32. The second kappa shape index (κ2) is 11.8. The third-order valence-corrected chi connectivity index (χ3v) is 4.64. The molecule has 1 fully saturated rings. The molecule has 3 N–H and O–H groups in total. The number of methoxy groups -OCH3 is 1. The van der Waals surface area contributed by atoms with Crippen LogP contribution in [0.4, 0.5) is 0 Å². The maximum absolute atomic E-state index is 11.6. The van der Waals surface area contributed by atoms with Gasteiger partial charge in [0.25, 0.3) is 0 Å². The Labute approximate surface area is 150 Å². The lowest BCUT2D eigenvalue weighted by Gasteiger charge is -2.40. The van der Waals surface area contributed by atoms with Crippen molar-refractivity contribution in [2.75, 3.05) is 7.11 Å². The average molecular weight is 362 g/mol. The summed E-state index contributed by atoms with van der Waals surface area (Å²) < 4.78 is 15.9. The molecule has 1 rings (SSSR count). The molecule has 0 aromatic carbocycles. The highest BCUT2D eigenvalue weighted by Gasteiger charge is 2.43. The molecule has 0 spiro atoms. The van der Waals surface area contributed by atoms with Crippen molar-refractivity contribution in [2.45, 2.75) is 102 Å². The molecule has 0 unspecified atom stereocenters. The number of carbonyl (C=O) groups excluding carboxylic acids is 1. The fourth-order valence-electron chi connectivity index (χ4n) is 2.96. The van der Waals surface area contributed by atoms with Crippen LogP contribution >= 0.6 is 0 Å². The van der Waals surface area contributed by atoms with E-state index in [9.17, 15) is 20.1 Å². The SMILES string of the molecule is CCCCCCCC[C@H](CC(=O)OC)O[C@@H]1O[C@@H](C)[C@H](O)[C@@H](O)[C@H]1O. The number of hydrogen-bond acceptors (Lipinski definition) is 7. The summed E-state index contributed by atoms with van der Waals surface area (Å²) in [7, 11) is 1.32. The number of ether oxygens (including phenoxy) is 3. The van der Waals surface area contributed by atoms with Gasteiger partial charge in [-0.2, -0.15) is 0 Å². The first kappa shape index (κ1) is 22.3. The van der Waals surface area contributed by atoms with Crippen LogP contribution in [0.5, 0.6) is 0 Å². The van der Waals surface area contributed by atoms with Crippen LogP contribution < -0.4 is 0 Å². The van der Waals surface area contributed by atoms with E-state index < -0.39 is 42.8 Å². The zero-order chi connectivity index (χ0) is 18.8. The molecular weight excluding hydrogens is 328 g/mol. The molecular formula is C18H34O7. The molecule has 0 bridgehead atoms. The number of aliphatic hydroxyl groups is 3. The Balaban J connectivity index is 2.52. The minimum Gasteiger partial charge on any atom is -0.469 e. The molecule has 1 saturated heterocycles. The molecule has 1 aliphatic heterocycles. The summed E-state index contributed by atoms with van der Waals surface area (Å²) >= 11 is 0. The van der Waals surface area contributed by atoms with Gasteiger partial charge in [0.1, 0.15) is 18.3 Å². The Morgan fingerprint density at radius 2 is 1.68 bits per heavy atom. The van der Waals surface area contributed by atoms with Gasteiger partial charge in [-0.15, -0.1) is 0 Å². The zero-order valence-corrected chi connectivity index (χ0v) is 15.6. The highest BCUT2D eigenvalue weighted by molar-refractivity contribution is 5.69. The fourth-order valence-corrected chi connectivity index (χ4v) is 2.96. The molecule has 1 heterocycles. The lowest BCUT2D eigenvalue weighted by molar-refractivity contribution is -0.304. The number of carbonyl (C=O) groups is 1. The fraction of sp³-hybridized carbons (Fsp3) is 0.944. The second-order valence-electron chi connectivity index (χ2n) is 6.78. The van der Waals surface area contributed by atoms with Gasteiger partial charge in [-0.25, -0.2) is 0 Å². The quantitative estimate of drug-likeness (QED) is 0.378. The molecule has 0 amide bonds. The Kier molecular flexibility index (Phi) is 10.5. The topological polar surface area (TPSA) is 105 Å². The normalized spacial score (nSPS) is 30.9. The highest BCUT2D eigenvalue weighted by atomic mass is 16.7. The summed E-state index contributed by atoms with van der Waals surface area (Å²) in [5.41, 5.74) is 0. The zero-order valence-electron chi connectivity index (χ0n) is 15.6. The summed E-state index contributed by atoms with van der Waals surface area (Å²) in [5.74, 6) is -0.394. The van der Waals surface area contributed by atoms with E-state index in [0.29, 0.717) is 6.42 Å². The molecule has 0 radical (unpaired) electrons. The summed E-state index contributed by atoms with van der Waals surface area (Å²) in [5, 5.41) is 29.7. The first-order valence-corrected chi connectivity index (χ1v) is 9.32. The minimum absolute atomic E-state index is 0.0606. The standard InChI is InChI=1S/C18H34O7/c1-4-5-6-7-8-9-10-13(11-14(19)23-3)25-18-17(22)16(21)15(20)12(2)24-18/h12-13,15-18,20-22H,4-11H2,1-3H3/t12-,13+,15-,16+,17+,18-/m0/s1. The molecule has 25 heavy (non-hydrogen) atoms. The lowest BCUT2D eigenvalue weighted by Crippen LogP contribution is -2.58. The van der Waals surface area contributed by atoms with Crippen molar-refractivity contribution in [1.82, 2.24) is 0 Å². The van der Waals surface area contributed by atoms with Crippen LogP contribution in [-0.4, -0.2) is 65.2 Å². The van der Waals surface area contributed by atoms with Gasteiger partial charge < -0.3 is 29.5 Å². The smallest absolute Gasteiger partial charge is 0.308 e. The van der Waals surface area contributed by atoms with E-state index in [0.717, 1.165) is 19.3 Å². The monoisotopic (exact) mass is 362 g/mol. The maximum atomic E-state index is 11.6. The molecule has 0 aliphatic carbocycles. The van der Waals surface area contributed by atoms with Crippen molar-refractivity contribution in [2.24, 2.45) is 0 Å². The predicted molar refractivity (Wildman–Crippen MR) is 91.9 cm³/mol. The third-order valence-electron chi connectivity index (χ3n) is 4.64. The van der Waals surface area contributed by atoms with E-state index in [-0.39, 0.29) is 6.42 Å². The Morgan fingerprint density at radius 1 is 1.04 bits per heavy atom. The van der Waals surface area contributed by atoms with Crippen LogP contribution in [0.3, 0.4) is 0 Å². The van der Waals surface area contributed by atoms with Crippen LogP contribution in [0, 0.1) is 0 Å². The van der Waals surface area contributed by atoms with Crippen molar-refractivity contribution >= 4 is 5.97 Å². The molecule has 7 heteroatoms. The van der Waals surface area contributed by atoms with Crippen molar-refractivity contribution < 1.29 is 34.3 Å². The number of rotatable bonds is 11. The van der Waals surface area contributed by atoms with E-state index >= 15 is 0 Å². The van der Waals surface area contributed by atoms with Crippen molar-refractivity contribution in [1.29, 1.82) is 0 Å². The minimum atomic E-state index is -1.36.